The van der Waals surface area contributed by atoms with Crippen LogP contribution in [0, 0.1) is 11.7 Å². The Labute approximate surface area is 170 Å². The van der Waals surface area contributed by atoms with E-state index in [1.54, 1.807) is 0 Å². The number of esters is 1. The Morgan fingerprint density at radius 1 is 1.21 bits per heavy atom. The second kappa shape index (κ2) is 9.55. The number of benzene rings is 1. The minimum atomic E-state index is -0.839. The van der Waals surface area contributed by atoms with Gasteiger partial charge in [0.15, 0.2) is 6.61 Å². The van der Waals surface area contributed by atoms with Crippen molar-refractivity contribution in [2.75, 3.05) is 18.1 Å². The lowest BCUT2D eigenvalue weighted by Gasteiger charge is -2.16. The zero-order valence-electron chi connectivity index (χ0n) is 16.3. The number of nitrogens with two attached hydrogens (primary N) is 1. The van der Waals surface area contributed by atoms with Crippen molar-refractivity contribution >= 4 is 29.3 Å². The molecule has 0 aliphatic heterocycles. The highest BCUT2D eigenvalue weighted by atomic mass is 32.2. The first-order valence-corrected chi connectivity index (χ1v) is 9.76. The molecule has 10 heteroatoms. The smallest absolute Gasteiger partial charge is 0.332 e. The van der Waals surface area contributed by atoms with Crippen LogP contribution in [0.4, 0.5) is 10.2 Å². The van der Waals surface area contributed by atoms with E-state index < -0.39 is 29.6 Å². The van der Waals surface area contributed by atoms with Crippen molar-refractivity contribution in [3.05, 3.63) is 56.5 Å². The number of ether oxygens (including phenoxy) is 1. The number of hydrogen-bond donors (Lipinski definition) is 1. The number of ketones is 1. The molecule has 1 aromatic carbocycles. The summed E-state index contributed by atoms with van der Waals surface area (Å²) in [4.78, 5) is 49.6. The molecule has 29 heavy (non-hydrogen) atoms. The van der Waals surface area contributed by atoms with Crippen LogP contribution in [0.3, 0.4) is 0 Å². The van der Waals surface area contributed by atoms with Gasteiger partial charge in [-0.3, -0.25) is 23.5 Å². The first kappa shape index (κ1) is 22.4. The summed E-state index contributed by atoms with van der Waals surface area (Å²) in [7, 11) is 1.25. The monoisotopic (exact) mass is 423 g/mol. The van der Waals surface area contributed by atoms with Crippen LogP contribution in [0.25, 0.3) is 0 Å². The summed E-state index contributed by atoms with van der Waals surface area (Å²) in [5.74, 6) is -2.15. The fourth-order valence-electron chi connectivity index (χ4n) is 2.52. The van der Waals surface area contributed by atoms with Gasteiger partial charge in [0.1, 0.15) is 17.2 Å². The quantitative estimate of drug-likeness (QED) is 0.388. The van der Waals surface area contributed by atoms with Gasteiger partial charge in [-0.05, 0) is 30.2 Å². The lowest BCUT2D eigenvalue weighted by Crippen LogP contribution is -2.43. The number of carbonyl (C=O) groups excluding carboxylic acids is 2. The summed E-state index contributed by atoms with van der Waals surface area (Å²) in [5, 5.41) is 0. The van der Waals surface area contributed by atoms with Crippen LogP contribution < -0.4 is 17.0 Å². The van der Waals surface area contributed by atoms with Gasteiger partial charge in [-0.15, -0.1) is 11.8 Å². The van der Waals surface area contributed by atoms with Crippen molar-refractivity contribution in [3.63, 3.8) is 0 Å². The van der Waals surface area contributed by atoms with Crippen LogP contribution in [0.2, 0.25) is 0 Å². The van der Waals surface area contributed by atoms with Gasteiger partial charge >= 0.3 is 11.7 Å². The second-order valence-corrected chi connectivity index (χ2v) is 7.79. The van der Waals surface area contributed by atoms with Crippen LogP contribution >= 0.6 is 11.8 Å². The number of Topliss-reactive ketones (excluding diaryl/α,β-unsaturated/α-hetero) is 1. The number of anilines is 1. The summed E-state index contributed by atoms with van der Waals surface area (Å²) >= 11 is 1.12. The Bertz CT molecular complexity index is 1030. The molecule has 0 unspecified atom stereocenters. The minimum Gasteiger partial charge on any atom is -0.457 e. The van der Waals surface area contributed by atoms with Crippen molar-refractivity contribution in [2.24, 2.45) is 13.0 Å². The normalized spacial score (nSPS) is 10.9. The first-order chi connectivity index (χ1) is 13.6. The summed E-state index contributed by atoms with van der Waals surface area (Å²) in [6.07, 6.45) is 0. The van der Waals surface area contributed by atoms with Crippen LogP contribution in [-0.4, -0.2) is 33.2 Å². The van der Waals surface area contributed by atoms with Gasteiger partial charge in [-0.25, -0.2) is 9.18 Å². The van der Waals surface area contributed by atoms with E-state index in [0.29, 0.717) is 4.90 Å². The van der Waals surface area contributed by atoms with Gasteiger partial charge in [-0.2, -0.15) is 0 Å². The Hall–Kier alpha value is -2.88. The molecular formula is C19H22FN3O5S. The Morgan fingerprint density at radius 2 is 1.83 bits per heavy atom. The minimum absolute atomic E-state index is 0.0526. The lowest BCUT2D eigenvalue weighted by molar-refractivity contribution is -0.139. The zero-order chi connectivity index (χ0) is 21.7. The Kier molecular flexibility index (Phi) is 7.38. The molecule has 0 saturated heterocycles. The predicted octanol–water partition coefficient (Wildman–Crippen LogP) is 1.44. The standard InChI is InChI=1S/C19H22FN3O5S/c1-11(2)8-23-17(21)16(18(26)22(3)19(23)27)14(24)9-28-15(25)10-29-13-6-4-12(20)5-7-13/h4-7,11H,8-10,21H2,1-3H3. The molecule has 156 valence electrons. The highest BCUT2D eigenvalue weighted by Gasteiger charge is 2.23. The summed E-state index contributed by atoms with van der Waals surface area (Å²) in [6, 6.07) is 5.56. The van der Waals surface area contributed by atoms with E-state index in [4.69, 9.17) is 10.5 Å². The van der Waals surface area contributed by atoms with Crippen molar-refractivity contribution in [1.82, 2.24) is 9.13 Å². The van der Waals surface area contributed by atoms with Crippen molar-refractivity contribution in [1.29, 1.82) is 0 Å². The summed E-state index contributed by atoms with van der Waals surface area (Å²) < 4.78 is 19.8. The number of hydrogen-bond acceptors (Lipinski definition) is 7. The third-order valence-electron chi connectivity index (χ3n) is 3.94. The lowest BCUT2D eigenvalue weighted by atomic mass is 10.1. The molecule has 1 aromatic heterocycles. The SMILES string of the molecule is CC(C)Cn1c(N)c(C(=O)COC(=O)CSc2ccc(F)cc2)c(=O)n(C)c1=O. The molecule has 8 nitrogen and oxygen atoms in total. The van der Waals surface area contributed by atoms with Crippen molar-refractivity contribution in [2.45, 2.75) is 25.3 Å². The van der Waals surface area contributed by atoms with E-state index in [1.165, 1.54) is 31.3 Å². The summed E-state index contributed by atoms with van der Waals surface area (Å²) in [5.41, 5.74) is 4.07. The number of halogens is 1. The zero-order valence-corrected chi connectivity index (χ0v) is 17.1. The molecule has 2 N–H and O–H groups in total. The maximum absolute atomic E-state index is 12.9. The molecule has 2 rings (SSSR count). The highest BCUT2D eigenvalue weighted by molar-refractivity contribution is 8.00. The van der Waals surface area contributed by atoms with Crippen LogP contribution in [0.1, 0.15) is 24.2 Å². The predicted molar refractivity (Wildman–Crippen MR) is 108 cm³/mol. The van der Waals surface area contributed by atoms with Crippen molar-refractivity contribution in [3.8, 4) is 0 Å². The molecule has 0 atom stereocenters. The molecule has 0 aliphatic rings. The Morgan fingerprint density at radius 3 is 2.41 bits per heavy atom. The molecule has 1 heterocycles. The average Bonchev–Trinajstić information content (AvgIpc) is 2.67. The Balaban J connectivity index is 2.09. The van der Waals surface area contributed by atoms with Crippen LogP contribution in [0.5, 0.6) is 0 Å². The van der Waals surface area contributed by atoms with Gasteiger partial charge in [-0.1, -0.05) is 13.8 Å². The van der Waals surface area contributed by atoms with E-state index in [1.807, 2.05) is 13.8 Å². The van der Waals surface area contributed by atoms with Gasteiger partial charge < -0.3 is 10.5 Å². The fraction of sp³-hybridized carbons (Fsp3) is 0.368. The largest absolute Gasteiger partial charge is 0.457 e. The second-order valence-electron chi connectivity index (χ2n) is 6.74. The van der Waals surface area contributed by atoms with Crippen LogP contribution in [-0.2, 0) is 23.1 Å². The number of carbonyl (C=O) groups is 2. The van der Waals surface area contributed by atoms with Crippen LogP contribution in [0.15, 0.2) is 38.8 Å². The molecule has 0 radical (unpaired) electrons. The molecule has 2 aromatic rings. The van der Waals surface area contributed by atoms with E-state index in [2.05, 4.69) is 0 Å². The van der Waals surface area contributed by atoms with Crippen molar-refractivity contribution < 1.29 is 18.7 Å². The number of aromatic nitrogens is 2. The van der Waals surface area contributed by atoms with E-state index in [0.717, 1.165) is 20.9 Å². The maximum Gasteiger partial charge on any atom is 0.332 e. The van der Waals surface area contributed by atoms with Gasteiger partial charge in [0.05, 0.1) is 5.75 Å². The maximum atomic E-state index is 12.9. The number of nitrogen functional groups attached to an aromatic ring is 1. The number of rotatable bonds is 8. The highest BCUT2D eigenvalue weighted by Crippen LogP contribution is 2.18. The molecule has 0 aliphatic carbocycles. The van der Waals surface area contributed by atoms with Gasteiger partial charge in [0, 0.05) is 18.5 Å². The molecule has 0 amide bonds. The summed E-state index contributed by atoms with van der Waals surface area (Å²) in [6.45, 7) is 3.27. The molecule has 0 fully saturated rings. The average molecular weight is 423 g/mol. The van der Waals surface area contributed by atoms with E-state index in [9.17, 15) is 23.6 Å². The number of thioether (sulfide) groups is 1. The molecule has 0 bridgehead atoms. The van der Waals surface area contributed by atoms with E-state index in [-0.39, 0.29) is 35.4 Å². The first-order valence-electron chi connectivity index (χ1n) is 8.78. The third-order valence-corrected chi connectivity index (χ3v) is 4.93. The topological polar surface area (TPSA) is 113 Å². The molecular weight excluding hydrogens is 401 g/mol. The van der Waals surface area contributed by atoms with Gasteiger partial charge in [0.2, 0.25) is 5.78 Å². The molecule has 0 saturated carbocycles. The number of nitrogens with zero attached hydrogens (tertiary/aromatic N) is 2. The van der Waals surface area contributed by atoms with Gasteiger partial charge in [0.25, 0.3) is 5.56 Å². The third kappa shape index (κ3) is 5.57. The fourth-order valence-corrected chi connectivity index (χ4v) is 3.22. The molecule has 0 spiro atoms. The van der Waals surface area contributed by atoms with E-state index >= 15 is 0 Å².